The van der Waals surface area contributed by atoms with Gasteiger partial charge in [-0.05, 0) is 36.1 Å². The van der Waals surface area contributed by atoms with Crippen molar-refractivity contribution in [2.24, 2.45) is 5.92 Å². The molecule has 2 aliphatic rings. The predicted molar refractivity (Wildman–Crippen MR) is 129 cm³/mol. The molecule has 0 N–H and O–H groups in total. The summed E-state index contributed by atoms with van der Waals surface area (Å²) in [6.07, 6.45) is 13.5. The van der Waals surface area contributed by atoms with Crippen LogP contribution in [-0.4, -0.2) is 71.4 Å². The number of aromatic nitrogens is 2. The number of carbonyl (C=O) groups is 2. The summed E-state index contributed by atoms with van der Waals surface area (Å²) >= 11 is 0. The molecule has 0 bridgehead atoms. The zero-order chi connectivity index (χ0) is 23.0. The molecule has 1 saturated carbocycles. The molecule has 1 saturated heterocycles. The normalized spacial score (nSPS) is 17.1. The summed E-state index contributed by atoms with van der Waals surface area (Å²) < 4.78 is 0. The van der Waals surface area contributed by atoms with Gasteiger partial charge >= 0.3 is 0 Å². The number of hydrogen-bond acceptors (Lipinski definition) is 5. The van der Waals surface area contributed by atoms with Crippen molar-refractivity contribution in [3.8, 4) is 0 Å². The third-order valence-electron chi connectivity index (χ3n) is 6.98. The molecule has 0 aromatic carbocycles. The molecule has 4 rings (SSSR count). The average molecular weight is 450 g/mol. The lowest BCUT2D eigenvalue weighted by Gasteiger charge is -2.35. The fourth-order valence-corrected chi connectivity index (χ4v) is 4.84. The third-order valence-corrected chi connectivity index (χ3v) is 6.98. The molecule has 0 radical (unpaired) electrons. The standard InChI is InChI=1S/C26H35N5O2/c1-29(13-11-21-6-3-2-4-7-21)24-10-9-23(20-28-24)26(33)31-16-14-30(15-17-31)25(32)18-22-8-5-12-27-19-22/h5,8-10,12,19-21H,2-4,6-7,11,13-18H2,1H3. The van der Waals surface area contributed by atoms with E-state index in [0.717, 1.165) is 23.8 Å². The number of anilines is 1. The SMILES string of the molecule is CN(CCC1CCCCC1)c1ccc(C(=O)N2CCN(C(=O)Cc3cccnc3)CC2)cn1. The highest BCUT2D eigenvalue weighted by Gasteiger charge is 2.25. The first-order valence-corrected chi connectivity index (χ1v) is 12.2. The number of pyridine rings is 2. The van der Waals surface area contributed by atoms with E-state index >= 15 is 0 Å². The first-order chi connectivity index (χ1) is 16.1. The van der Waals surface area contributed by atoms with E-state index in [-0.39, 0.29) is 11.8 Å². The van der Waals surface area contributed by atoms with Gasteiger partial charge in [-0.15, -0.1) is 0 Å². The molecular formula is C26H35N5O2. The second-order valence-electron chi connectivity index (χ2n) is 9.33. The Labute approximate surface area is 196 Å². The van der Waals surface area contributed by atoms with E-state index in [2.05, 4.69) is 21.9 Å². The molecule has 7 heteroatoms. The van der Waals surface area contributed by atoms with Gasteiger partial charge in [0.15, 0.2) is 0 Å². The van der Waals surface area contributed by atoms with Gasteiger partial charge in [-0.25, -0.2) is 4.98 Å². The van der Waals surface area contributed by atoms with Gasteiger partial charge in [0, 0.05) is 58.4 Å². The summed E-state index contributed by atoms with van der Waals surface area (Å²) in [5.74, 6) is 1.82. The molecule has 33 heavy (non-hydrogen) atoms. The largest absolute Gasteiger partial charge is 0.360 e. The first-order valence-electron chi connectivity index (χ1n) is 12.2. The fraction of sp³-hybridized carbons (Fsp3) is 0.538. The van der Waals surface area contributed by atoms with Crippen LogP contribution >= 0.6 is 0 Å². The van der Waals surface area contributed by atoms with Gasteiger partial charge in [0.2, 0.25) is 5.91 Å². The molecule has 0 spiro atoms. The highest BCUT2D eigenvalue weighted by molar-refractivity contribution is 5.94. The van der Waals surface area contributed by atoms with E-state index in [1.165, 1.54) is 38.5 Å². The van der Waals surface area contributed by atoms with Crippen LogP contribution in [-0.2, 0) is 11.2 Å². The molecule has 0 atom stereocenters. The molecule has 2 amide bonds. The lowest BCUT2D eigenvalue weighted by Crippen LogP contribution is -2.51. The minimum atomic E-state index is -0.0155. The van der Waals surface area contributed by atoms with E-state index in [9.17, 15) is 9.59 Å². The summed E-state index contributed by atoms with van der Waals surface area (Å²) in [6.45, 7) is 3.20. The van der Waals surface area contributed by atoms with Crippen LogP contribution in [0.4, 0.5) is 5.82 Å². The minimum Gasteiger partial charge on any atom is -0.360 e. The predicted octanol–water partition coefficient (Wildman–Crippen LogP) is 3.41. The molecule has 7 nitrogen and oxygen atoms in total. The maximum atomic E-state index is 12.9. The summed E-state index contributed by atoms with van der Waals surface area (Å²) in [5.41, 5.74) is 1.52. The Hall–Kier alpha value is -2.96. The fourth-order valence-electron chi connectivity index (χ4n) is 4.84. The Morgan fingerprint density at radius 1 is 1.00 bits per heavy atom. The Bertz CT molecular complexity index is 904. The molecular weight excluding hydrogens is 414 g/mol. The average Bonchev–Trinajstić information content (AvgIpc) is 2.88. The third kappa shape index (κ3) is 6.30. The number of hydrogen-bond donors (Lipinski definition) is 0. The van der Waals surface area contributed by atoms with Gasteiger partial charge in [0.1, 0.15) is 5.82 Å². The van der Waals surface area contributed by atoms with E-state index in [4.69, 9.17) is 0 Å². The molecule has 2 fully saturated rings. The number of carbonyl (C=O) groups excluding carboxylic acids is 2. The number of rotatable bonds is 7. The van der Waals surface area contributed by atoms with E-state index in [0.29, 0.717) is 38.2 Å². The smallest absolute Gasteiger partial charge is 0.255 e. The van der Waals surface area contributed by atoms with Crippen LogP contribution in [0.3, 0.4) is 0 Å². The van der Waals surface area contributed by atoms with Gasteiger partial charge in [-0.1, -0.05) is 38.2 Å². The lowest BCUT2D eigenvalue weighted by atomic mass is 9.87. The molecule has 3 heterocycles. The Balaban J connectivity index is 1.24. The van der Waals surface area contributed by atoms with Crippen molar-refractivity contribution in [2.45, 2.75) is 44.9 Å². The van der Waals surface area contributed by atoms with E-state index in [1.807, 2.05) is 34.1 Å². The molecule has 1 aliphatic heterocycles. The Morgan fingerprint density at radius 2 is 1.76 bits per heavy atom. The van der Waals surface area contributed by atoms with Gasteiger partial charge in [-0.2, -0.15) is 0 Å². The van der Waals surface area contributed by atoms with E-state index in [1.54, 1.807) is 18.6 Å². The maximum absolute atomic E-state index is 12.9. The van der Waals surface area contributed by atoms with Gasteiger partial charge in [0.05, 0.1) is 12.0 Å². The maximum Gasteiger partial charge on any atom is 0.255 e. The van der Waals surface area contributed by atoms with Crippen molar-refractivity contribution < 1.29 is 9.59 Å². The Kier molecular flexibility index (Phi) is 7.92. The van der Waals surface area contributed by atoms with Crippen LogP contribution in [0.2, 0.25) is 0 Å². The van der Waals surface area contributed by atoms with Crippen molar-refractivity contribution in [1.29, 1.82) is 0 Å². The summed E-state index contributed by atoms with van der Waals surface area (Å²) in [6, 6.07) is 7.57. The molecule has 1 aliphatic carbocycles. The van der Waals surface area contributed by atoms with Crippen LogP contribution < -0.4 is 4.90 Å². The summed E-state index contributed by atoms with van der Waals surface area (Å²) in [4.78, 5) is 40.0. The highest BCUT2D eigenvalue weighted by atomic mass is 16.2. The van der Waals surface area contributed by atoms with Gasteiger partial charge in [0.25, 0.3) is 5.91 Å². The van der Waals surface area contributed by atoms with Crippen LogP contribution in [0.15, 0.2) is 42.9 Å². The van der Waals surface area contributed by atoms with Crippen LogP contribution in [0, 0.1) is 5.92 Å². The van der Waals surface area contributed by atoms with Crippen molar-refractivity contribution in [1.82, 2.24) is 19.8 Å². The van der Waals surface area contributed by atoms with Gasteiger partial charge in [-0.3, -0.25) is 14.6 Å². The zero-order valence-electron chi connectivity index (χ0n) is 19.7. The number of piperazine rings is 1. The van der Waals surface area contributed by atoms with Crippen molar-refractivity contribution in [2.75, 3.05) is 44.7 Å². The van der Waals surface area contributed by atoms with Crippen molar-refractivity contribution in [3.05, 3.63) is 54.0 Å². The van der Waals surface area contributed by atoms with Gasteiger partial charge < -0.3 is 14.7 Å². The van der Waals surface area contributed by atoms with Crippen LogP contribution in [0.1, 0.15) is 54.4 Å². The molecule has 2 aromatic rings. The monoisotopic (exact) mass is 449 g/mol. The summed E-state index contributed by atoms with van der Waals surface area (Å²) in [7, 11) is 2.08. The zero-order valence-corrected chi connectivity index (χ0v) is 19.7. The van der Waals surface area contributed by atoms with Crippen molar-refractivity contribution in [3.63, 3.8) is 0 Å². The highest BCUT2D eigenvalue weighted by Crippen LogP contribution is 2.26. The van der Waals surface area contributed by atoms with Crippen LogP contribution in [0.5, 0.6) is 0 Å². The topological polar surface area (TPSA) is 69.6 Å². The second kappa shape index (κ2) is 11.3. The van der Waals surface area contributed by atoms with Crippen molar-refractivity contribution >= 4 is 17.6 Å². The molecule has 176 valence electrons. The molecule has 2 aromatic heterocycles. The molecule has 0 unspecified atom stereocenters. The number of nitrogens with zero attached hydrogens (tertiary/aromatic N) is 5. The first kappa shape index (κ1) is 23.2. The number of amides is 2. The van der Waals surface area contributed by atoms with Crippen LogP contribution in [0.25, 0.3) is 0 Å². The minimum absolute atomic E-state index is 0.0155. The Morgan fingerprint density at radius 3 is 2.42 bits per heavy atom. The van der Waals surface area contributed by atoms with E-state index < -0.39 is 0 Å². The summed E-state index contributed by atoms with van der Waals surface area (Å²) in [5, 5.41) is 0. The quantitative estimate of drug-likeness (QED) is 0.648. The second-order valence-corrected chi connectivity index (χ2v) is 9.33. The lowest BCUT2D eigenvalue weighted by molar-refractivity contribution is -0.131.